The summed E-state index contributed by atoms with van der Waals surface area (Å²) in [6.45, 7) is 0. The van der Waals surface area contributed by atoms with Crippen molar-refractivity contribution < 1.29 is 0 Å². The van der Waals surface area contributed by atoms with Gasteiger partial charge in [0.2, 0.25) is 0 Å². The van der Waals surface area contributed by atoms with E-state index >= 15 is 0 Å². The maximum absolute atomic E-state index is 5.63. The lowest BCUT2D eigenvalue weighted by Crippen LogP contribution is -2.11. The molecule has 2 aromatic rings. The third-order valence-corrected chi connectivity index (χ3v) is 5.00. The summed E-state index contributed by atoms with van der Waals surface area (Å²) in [6, 6.07) is 0. The van der Waals surface area contributed by atoms with Crippen LogP contribution in [0.2, 0.25) is 0 Å². The first-order valence-electron chi connectivity index (χ1n) is 6.10. The third-order valence-electron chi connectivity index (χ3n) is 3.27. The molecule has 0 saturated carbocycles. The molecule has 1 aliphatic carbocycles. The van der Waals surface area contributed by atoms with Crippen LogP contribution in [0.15, 0.2) is 0 Å². The highest BCUT2D eigenvalue weighted by molar-refractivity contribution is 7.97. The molecule has 2 heterocycles. The van der Waals surface area contributed by atoms with Gasteiger partial charge in [-0.1, -0.05) is 0 Å². The first kappa shape index (κ1) is 12.2. The average molecular weight is 280 g/mol. The van der Waals surface area contributed by atoms with Gasteiger partial charge in [-0.25, -0.2) is 15.8 Å². The number of thiophene rings is 1. The molecule has 1 aliphatic rings. The molecule has 0 amide bonds. The number of nitrogen functional groups attached to an aromatic ring is 1. The Bertz CT molecular complexity index is 579. The number of hydrogen-bond acceptors (Lipinski definition) is 6. The molecule has 3 N–H and O–H groups in total. The lowest BCUT2D eigenvalue weighted by atomic mass is 9.97. The zero-order valence-electron chi connectivity index (χ0n) is 10.3. The lowest BCUT2D eigenvalue weighted by molar-refractivity contribution is 0.700. The second kappa shape index (κ2) is 5.03. The molecule has 4 nitrogen and oxygen atoms in total. The van der Waals surface area contributed by atoms with Gasteiger partial charge in [0.05, 0.1) is 11.1 Å². The molecule has 2 aromatic heterocycles. The Morgan fingerprint density at radius 1 is 1.33 bits per heavy atom. The van der Waals surface area contributed by atoms with Crippen LogP contribution in [0.5, 0.6) is 0 Å². The van der Waals surface area contributed by atoms with Gasteiger partial charge in [-0.2, -0.15) is 11.8 Å². The lowest BCUT2D eigenvalue weighted by Gasteiger charge is -2.11. The number of hydrogen-bond donors (Lipinski definition) is 2. The van der Waals surface area contributed by atoms with Crippen molar-refractivity contribution in [1.82, 2.24) is 9.97 Å². The highest BCUT2D eigenvalue weighted by atomic mass is 32.2. The van der Waals surface area contributed by atoms with Crippen molar-refractivity contribution in [3.8, 4) is 0 Å². The first-order valence-corrected chi connectivity index (χ1v) is 8.31. The Labute approximate surface area is 114 Å². The van der Waals surface area contributed by atoms with E-state index in [1.807, 2.05) is 11.3 Å². The molecule has 96 valence electrons. The Morgan fingerprint density at radius 3 is 2.94 bits per heavy atom. The van der Waals surface area contributed by atoms with Crippen molar-refractivity contribution in [2.45, 2.75) is 31.4 Å². The summed E-state index contributed by atoms with van der Waals surface area (Å²) >= 11 is 3.54. The fourth-order valence-electron chi connectivity index (χ4n) is 2.50. The molecular formula is C12H16N4S2. The normalized spacial score (nSPS) is 14.8. The highest BCUT2D eigenvalue weighted by Gasteiger charge is 2.20. The van der Waals surface area contributed by atoms with E-state index in [2.05, 4.69) is 21.6 Å². The number of nitrogens with two attached hydrogens (primary N) is 1. The molecule has 0 fully saturated rings. The van der Waals surface area contributed by atoms with Crippen molar-refractivity contribution in [2.75, 3.05) is 11.7 Å². The van der Waals surface area contributed by atoms with Crippen molar-refractivity contribution in [1.29, 1.82) is 0 Å². The zero-order chi connectivity index (χ0) is 12.5. The maximum atomic E-state index is 5.63. The molecule has 0 aromatic carbocycles. The van der Waals surface area contributed by atoms with Gasteiger partial charge in [0.25, 0.3) is 0 Å². The standard InChI is InChI=1S/C12H16N4S2/c1-17-6-9-14-11(16-13)10-7-4-2-3-5-8(7)18-12(10)15-9/h2-6,13H2,1H3,(H,14,15,16). The fourth-order valence-corrected chi connectivity index (χ4v) is 4.17. The summed E-state index contributed by atoms with van der Waals surface area (Å²) in [6.07, 6.45) is 6.92. The van der Waals surface area contributed by atoms with Gasteiger partial charge in [0.1, 0.15) is 10.7 Å². The topological polar surface area (TPSA) is 63.8 Å². The monoisotopic (exact) mass is 280 g/mol. The van der Waals surface area contributed by atoms with Crippen LogP contribution >= 0.6 is 23.1 Å². The number of rotatable bonds is 3. The Hall–Kier alpha value is -0.850. The predicted octanol–water partition coefficient (Wildman–Crippen LogP) is 2.72. The van der Waals surface area contributed by atoms with Crippen LogP contribution in [0.4, 0.5) is 5.82 Å². The van der Waals surface area contributed by atoms with Gasteiger partial charge < -0.3 is 5.43 Å². The number of fused-ring (bicyclic) bond motifs is 3. The maximum Gasteiger partial charge on any atom is 0.152 e. The molecule has 0 saturated heterocycles. The minimum Gasteiger partial charge on any atom is -0.308 e. The average Bonchev–Trinajstić information content (AvgIpc) is 2.76. The molecule has 0 atom stereocenters. The van der Waals surface area contributed by atoms with Crippen LogP contribution in [0, 0.1) is 0 Å². The molecule has 0 aliphatic heterocycles. The van der Waals surface area contributed by atoms with Gasteiger partial charge in [-0.15, -0.1) is 11.3 Å². The number of hydrazine groups is 1. The molecule has 18 heavy (non-hydrogen) atoms. The summed E-state index contributed by atoms with van der Waals surface area (Å²) in [5.41, 5.74) is 4.17. The molecule has 0 radical (unpaired) electrons. The van der Waals surface area contributed by atoms with Crippen LogP contribution in [-0.2, 0) is 18.6 Å². The van der Waals surface area contributed by atoms with Gasteiger partial charge in [-0.3, -0.25) is 0 Å². The van der Waals surface area contributed by atoms with E-state index in [-0.39, 0.29) is 0 Å². The van der Waals surface area contributed by atoms with Crippen LogP contribution in [0.1, 0.15) is 29.1 Å². The van der Waals surface area contributed by atoms with Crippen LogP contribution in [0.25, 0.3) is 10.2 Å². The van der Waals surface area contributed by atoms with E-state index < -0.39 is 0 Å². The number of aromatic nitrogens is 2. The first-order chi connectivity index (χ1) is 8.83. The van der Waals surface area contributed by atoms with Crippen molar-refractivity contribution >= 4 is 39.1 Å². The summed E-state index contributed by atoms with van der Waals surface area (Å²) in [5, 5.41) is 1.15. The van der Waals surface area contributed by atoms with Crippen LogP contribution < -0.4 is 11.3 Å². The Kier molecular flexibility index (Phi) is 3.41. The molecule has 3 rings (SSSR count). The van der Waals surface area contributed by atoms with E-state index in [1.54, 1.807) is 11.8 Å². The van der Waals surface area contributed by atoms with E-state index in [9.17, 15) is 0 Å². The quantitative estimate of drug-likeness (QED) is 0.668. The van der Waals surface area contributed by atoms with Crippen molar-refractivity contribution in [3.05, 3.63) is 16.3 Å². The molecule has 0 bridgehead atoms. The van der Waals surface area contributed by atoms with Crippen molar-refractivity contribution in [3.63, 3.8) is 0 Å². The van der Waals surface area contributed by atoms with Gasteiger partial charge in [0, 0.05) is 4.88 Å². The van der Waals surface area contributed by atoms with E-state index in [0.29, 0.717) is 0 Å². The molecule has 0 unspecified atom stereocenters. The SMILES string of the molecule is CSCc1nc(NN)c2c3c(sc2n1)CCCC3. The number of nitrogens with zero attached hydrogens (tertiary/aromatic N) is 2. The van der Waals surface area contributed by atoms with E-state index in [0.717, 1.165) is 34.0 Å². The second-order valence-corrected chi connectivity index (χ2v) is 6.41. The van der Waals surface area contributed by atoms with Gasteiger partial charge in [0.15, 0.2) is 5.82 Å². The third kappa shape index (κ3) is 1.98. The highest BCUT2D eigenvalue weighted by Crippen LogP contribution is 2.38. The van der Waals surface area contributed by atoms with E-state index in [4.69, 9.17) is 5.84 Å². The molecule has 0 spiro atoms. The predicted molar refractivity (Wildman–Crippen MR) is 79.1 cm³/mol. The second-order valence-electron chi connectivity index (χ2n) is 4.46. The number of thioether (sulfide) groups is 1. The van der Waals surface area contributed by atoms with Gasteiger partial charge in [-0.05, 0) is 37.5 Å². The molecular weight excluding hydrogens is 264 g/mol. The van der Waals surface area contributed by atoms with Crippen LogP contribution in [-0.4, -0.2) is 16.2 Å². The smallest absolute Gasteiger partial charge is 0.152 e. The fraction of sp³-hybridized carbons (Fsp3) is 0.500. The Morgan fingerprint density at radius 2 is 2.17 bits per heavy atom. The van der Waals surface area contributed by atoms with Crippen LogP contribution in [0.3, 0.4) is 0 Å². The zero-order valence-corrected chi connectivity index (χ0v) is 12.0. The van der Waals surface area contributed by atoms with Crippen molar-refractivity contribution in [2.24, 2.45) is 5.84 Å². The Balaban J connectivity index is 2.21. The minimum absolute atomic E-state index is 0.795. The largest absolute Gasteiger partial charge is 0.308 e. The summed E-state index contributed by atoms with van der Waals surface area (Å²) < 4.78 is 0. The number of anilines is 1. The minimum atomic E-state index is 0.795. The summed E-state index contributed by atoms with van der Waals surface area (Å²) in [7, 11) is 0. The molecule has 6 heteroatoms. The number of nitrogens with one attached hydrogen (secondary N) is 1. The number of aryl methyl sites for hydroxylation is 2. The van der Waals surface area contributed by atoms with E-state index in [1.165, 1.54) is 29.7 Å². The summed E-state index contributed by atoms with van der Waals surface area (Å²) in [4.78, 5) is 11.8. The van der Waals surface area contributed by atoms with Gasteiger partial charge >= 0.3 is 0 Å². The summed E-state index contributed by atoms with van der Waals surface area (Å²) in [5.74, 6) is 8.11.